The Morgan fingerprint density at radius 3 is 2.85 bits per heavy atom. The number of nitriles is 1. The molecule has 1 aromatic carbocycles. The highest BCUT2D eigenvalue weighted by Gasteiger charge is 2.33. The topological polar surface area (TPSA) is 111 Å². The number of nitrogens with zero attached hydrogens (tertiary/aromatic N) is 3. The summed E-state index contributed by atoms with van der Waals surface area (Å²) in [7, 11) is 0. The molecule has 7 nitrogen and oxygen atoms in total. The first-order valence-electron chi connectivity index (χ1n) is 8.17. The average molecular weight is 356 g/mol. The van der Waals surface area contributed by atoms with Crippen LogP contribution in [0.15, 0.2) is 24.3 Å². The lowest BCUT2D eigenvalue weighted by atomic mass is 9.94. The van der Waals surface area contributed by atoms with Crippen LogP contribution >= 0.6 is 0 Å². The third kappa shape index (κ3) is 3.57. The molecule has 0 atom stereocenters. The standard InChI is InChI=1S/C18H17FN4O3/c1-2-25-18(24)14-15(21)22-16(11-5-3-4-10(6-11)9-20)23-17(14)26-13-7-12(19)8-13/h3-6,12-13H,2,7-8H2,1H3,(H2,21,22,23). The fraction of sp³-hybridized carbons (Fsp3) is 0.333. The number of carbonyl (C=O) groups excluding carboxylic acids is 1. The molecule has 0 unspecified atom stereocenters. The van der Waals surface area contributed by atoms with Crippen LogP contribution in [-0.4, -0.2) is 34.8 Å². The third-order valence-corrected chi connectivity index (χ3v) is 3.95. The van der Waals surface area contributed by atoms with Crippen molar-refractivity contribution in [1.82, 2.24) is 9.97 Å². The van der Waals surface area contributed by atoms with Crippen molar-refractivity contribution in [3.63, 3.8) is 0 Å². The summed E-state index contributed by atoms with van der Waals surface area (Å²) >= 11 is 0. The molecular formula is C18H17FN4O3. The molecule has 0 bridgehead atoms. The quantitative estimate of drug-likeness (QED) is 0.820. The number of anilines is 1. The number of hydrogen-bond donors (Lipinski definition) is 1. The Hall–Kier alpha value is -3.21. The molecule has 3 rings (SSSR count). The highest BCUT2D eigenvalue weighted by Crippen LogP contribution is 2.32. The van der Waals surface area contributed by atoms with Gasteiger partial charge in [0.1, 0.15) is 18.1 Å². The van der Waals surface area contributed by atoms with Gasteiger partial charge in [-0.05, 0) is 19.1 Å². The number of ether oxygens (including phenoxy) is 2. The number of nitrogens with two attached hydrogens (primary N) is 1. The van der Waals surface area contributed by atoms with Crippen molar-refractivity contribution in [3.8, 4) is 23.3 Å². The Morgan fingerprint density at radius 1 is 1.42 bits per heavy atom. The molecule has 1 saturated carbocycles. The van der Waals surface area contributed by atoms with E-state index in [0.29, 0.717) is 11.1 Å². The zero-order valence-corrected chi connectivity index (χ0v) is 14.1. The molecule has 0 spiro atoms. The van der Waals surface area contributed by atoms with E-state index in [1.165, 1.54) is 0 Å². The number of halogens is 1. The van der Waals surface area contributed by atoms with Crippen LogP contribution in [0, 0.1) is 11.3 Å². The van der Waals surface area contributed by atoms with Crippen molar-refractivity contribution in [2.24, 2.45) is 0 Å². The van der Waals surface area contributed by atoms with Crippen molar-refractivity contribution in [2.75, 3.05) is 12.3 Å². The molecule has 1 aliphatic rings. The van der Waals surface area contributed by atoms with Crippen LogP contribution in [0.1, 0.15) is 35.7 Å². The first kappa shape index (κ1) is 17.6. The van der Waals surface area contributed by atoms with Gasteiger partial charge in [-0.25, -0.2) is 14.2 Å². The monoisotopic (exact) mass is 356 g/mol. The molecule has 134 valence electrons. The van der Waals surface area contributed by atoms with Crippen LogP contribution < -0.4 is 10.5 Å². The highest BCUT2D eigenvalue weighted by molar-refractivity contribution is 5.97. The predicted molar refractivity (Wildman–Crippen MR) is 91.1 cm³/mol. The maximum atomic E-state index is 13.1. The minimum atomic E-state index is -0.919. The Kier molecular flexibility index (Phi) is 4.98. The summed E-state index contributed by atoms with van der Waals surface area (Å²) < 4.78 is 23.8. The van der Waals surface area contributed by atoms with Crippen LogP contribution in [0.3, 0.4) is 0 Å². The van der Waals surface area contributed by atoms with Gasteiger partial charge in [-0.3, -0.25) is 0 Å². The Bertz CT molecular complexity index is 875. The largest absolute Gasteiger partial charge is 0.473 e. The number of nitrogen functional groups attached to an aromatic ring is 1. The van der Waals surface area contributed by atoms with E-state index in [2.05, 4.69) is 9.97 Å². The summed E-state index contributed by atoms with van der Waals surface area (Å²) in [6.45, 7) is 1.82. The third-order valence-electron chi connectivity index (χ3n) is 3.95. The molecule has 1 fully saturated rings. The van der Waals surface area contributed by atoms with Crippen molar-refractivity contribution >= 4 is 11.8 Å². The van der Waals surface area contributed by atoms with Gasteiger partial charge < -0.3 is 15.2 Å². The number of aromatic nitrogens is 2. The van der Waals surface area contributed by atoms with Crippen molar-refractivity contribution in [3.05, 3.63) is 35.4 Å². The summed E-state index contributed by atoms with van der Waals surface area (Å²) in [6, 6.07) is 8.68. The van der Waals surface area contributed by atoms with Crippen LogP contribution in [0.25, 0.3) is 11.4 Å². The van der Waals surface area contributed by atoms with E-state index in [4.69, 9.17) is 20.5 Å². The fourth-order valence-corrected chi connectivity index (χ4v) is 2.55. The Morgan fingerprint density at radius 2 is 2.19 bits per heavy atom. The second-order valence-electron chi connectivity index (χ2n) is 5.83. The van der Waals surface area contributed by atoms with Gasteiger partial charge in [0.25, 0.3) is 0 Å². The number of carbonyl (C=O) groups is 1. The van der Waals surface area contributed by atoms with E-state index in [1.807, 2.05) is 6.07 Å². The van der Waals surface area contributed by atoms with Crippen molar-refractivity contribution in [2.45, 2.75) is 32.0 Å². The number of esters is 1. The summed E-state index contributed by atoms with van der Waals surface area (Å²) in [5.41, 5.74) is 6.86. The molecule has 0 saturated heterocycles. The van der Waals surface area contributed by atoms with Crippen LogP contribution in [0.4, 0.5) is 10.2 Å². The van der Waals surface area contributed by atoms with Gasteiger partial charge in [-0.2, -0.15) is 10.2 Å². The molecule has 1 heterocycles. The first-order chi connectivity index (χ1) is 12.5. The lowest BCUT2D eigenvalue weighted by Crippen LogP contribution is -2.35. The van der Waals surface area contributed by atoms with E-state index in [-0.39, 0.29) is 48.6 Å². The van der Waals surface area contributed by atoms with Crippen molar-refractivity contribution < 1.29 is 18.7 Å². The highest BCUT2D eigenvalue weighted by atomic mass is 19.1. The summed E-state index contributed by atoms with van der Waals surface area (Å²) in [6.07, 6.45) is -0.848. The molecule has 2 N–H and O–H groups in total. The Labute approximate surface area is 149 Å². The average Bonchev–Trinajstić information content (AvgIpc) is 2.60. The predicted octanol–water partition coefficient (Wildman–Crippen LogP) is 2.65. The Balaban J connectivity index is 2.03. The molecule has 2 aromatic rings. The second-order valence-corrected chi connectivity index (χ2v) is 5.83. The summed E-state index contributed by atoms with van der Waals surface area (Å²) in [4.78, 5) is 20.6. The van der Waals surface area contributed by atoms with E-state index < -0.39 is 12.1 Å². The fourth-order valence-electron chi connectivity index (χ4n) is 2.55. The molecular weight excluding hydrogens is 339 g/mol. The first-order valence-corrected chi connectivity index (χ1v) is 8.17. The van der Waals surface area contributed by atoms with Crippen LogP contribution in [0.2, 0.25) is 0 Å². The summed E-state index contributed by atoms with van der Waals surface area (Å²) in [5, 5.41) is 9.04. The smallest absolute Gasteiger partial charge is 0.347 e. The summed E-state index contributed by atoms with van der Waals surface area (Å²) in [5.74, 6) is -0.626. The van der Waals surface area contributed by atoms with Gasteiger partial charge in [-0.1, -0.05) is 12.1 Å². The van der Waals surface area contributed by atoms with Crippen LogP contribution in [0.5, 0.6) is 5.88 Å². The molecule has 0 radical (unpaired) electrons. The molecule has 0 aliphatic heterocycles. The SMILES string of the molecule is CCOC(=O)c1c(N)nc(-c2cccc(C#N)c2)nc1OC1CC(F)C1. The van der Waals surface area contributed by atoms with Crippen LogP contribution in [-0.2, 0) is 4.74 Å². The van der Waals surface area contributed by atoms with E-state index in [0.717, 1.165) is 0 Å². The van der Waals surface area contributed by atoms with Crippen molar-refractivity contribution in [1.29, 1.82) is 5.26 Å². The molecule has 0 amide bonds. The number of benzene rings is 1. The molecule has 1 aromatic heterocycles. The van der Waals surface area contributed by atoms with Gasteiger partial charge in [0.05, 0.1) is 18.2 Å². The second kappa shape index (κ2) is 7.35. The molecule has 1 aliphatic carbocycles. The maximum Gasteiger partial charge on any atom is 0.347 e. The van der Waals surface area contributed by atoms with Gasteiger partial charge in [0, 0.05) is 18.4 Å². The number of rotatable bonds is 5. The van der Waals surface area contributed by atoms with Gasteiger partial charge in [0.2, 0.25) is 5.88 Å². The van der Waals surface area contributed by atoms with Gasteiger partial charge in [-0.15, -0.1) is 0 Å². The van der Waals surface area contributed by atoms with E-state index in [9.17, 15) is 9.18 Å². The zero-order chi connectivity index (χ0) is 18.7. The van der Waals surface area contributed by atoms with Gasteiger partial charge >= 0.3 is 5.97 Å². The zero-order valence-electron chi connectivity index (χ0n) is 14.1. The normalized spacial score (nSPS) is 18.5. The molecule has 8 heteroatoms. The number of hydrogen-bond acceptors (Lipinski definition) is 7. The minimum absolute atomic E-state index is 0.0368. The van der Waals surface area contributed by atoms with Gasteiger partial charge in [0.15, 0.2) is 11.4 Å². The lowest BCUT2D eigenvalue weighted by molar-refractivity contribution is 0.0343. The lowest BCUT2D eigenvalue weighted by Gasteiger charge is -2.30. The van der Waals surface area contributed by atoms with E-state index in [1.54, 1.807) is 31.2 Å². The maximum absolute atomic E-state index is 13.1. The van der Waals surface area contributed by atoms with E-state index >= 15 is 0 Å². The number of alkyl halides is 1. The minimum Gasteiger partial charge on any atom is -0.473 e. The molecule has 26 heavy (non-hydrogen) atoms.